The smallest absolute Gasteiger partial charge is 0.218 e. The van der Waals surface area contributed by atoms with E-state index >= 15 is 0 Å². The van der Waals surface area contributed by atoms with Gasteiger partial charge in [-0.1, -0.05) is 32.3 Å². The van der Waals surface area contributed by atoms with Gasteiger partial charge in [0.15, 0.2) is 5.96 Å². The van der Waals surface area contributed by atoms with Crippen LogP contribution in [0.3, 0.4) is 0 Å². The number of guanidine groups is 1. The van der Waals surface area contributed by atoms with Crippen molar-refractivity contribution in [3.8, 4) is 5.88 Å². The fourth-order valence-corrected chi connectivity index (χ4v) is 2.39. The zero-order valence-electron chi connectivity index (χ0n) is 16.2. The normalized spacial score (nSPS) is 12.7. The fraction of sp³-hybridized carbons (Fsp3) is 0.684. The molecule has 1 aromatic heterocycles. The first kappa shape index (κ1) is 21.2. The zero-order chi connectivity index (χ0) is 18.3. The second kappa shape index (κ2) is 13.5. The molecular formula is C19H34N4O2. The lowest BCUT2D eigenvalue weighted by atomic mass is 10.1. The number of ether oxygens (including phenoxy) is 2. The molecule has 0 aliphatic rings. The molecule has 0 amide bonds. The second-order valence-electron chi connectivity index (χ2n) is 6.05. The molecule has 0 fully saturated rings. The van der Waals surface area contributed by atoms with E-state index in [0.29, 0.717) is 31.7 Å². The summed E-state index contributed by atoms with van der Waals surface area (Å²) in [6, 6.07) is 4.30. The highest BCUT2D eigenvalue weighted by molar-refractivity contribution is 5.80. The lowest BCUT2D eigenvalue weighted by molar-refractivity contribution is 0.143. The Morgan fingerprint density at radius 1 is 1.28 bits per heavy atom. The molecule has 6 nitrogen and oxygen atoms in total. The number of aliphatic imine (C=N–C) groups is 1. The predicted molar refractivity (Wildman–Crippen MR) is 103 cm³/mol. The van der Waals surface area contributed by atoms with Crippen LogP contribution in [0.15, 0.2) is 23.3 Å². The van der Waals surface area contributed by atoms with Gasteiger partial charge < -0.3 is 20.1 Å². The van der Waals surface area contributed by atoms with Crippen LogP contribution in [-0.4, -0.2) is 43.9 Å². The minimum Gasteiger partial charge on any atom is -0.475 e. The highest BCUT2D eigenvalue weighted by Crippen LogP contribution is 2.15. The molecular weight excluding hydrogens is 316 g/mol. The van der Waals surface area contributed by atoms with Gasteiger partial charge in [0.2, 0.25) is 5.88 Å². The van der Waals surface area contributed by atoms with Crippen molar-refractivity contribution in [2.24, 2.45) is 4.99 Å². The Balaban J connectivity index is 2.64. The van der Waals surface area contributed by atoms with Gasteiger partial charge in [-0.3, -0.25) is 0 Å². The van der Waals surface area contributed by atoms with Crippen molar-refractivity contribution >= 4 is 5.96 Å². The van der Waals surface area contributed by atoms with Gasteiger partial charge in [-0.2, -0.15) is 0 Å². The quantitative estimate of drug-likeness (QED) is 0.344. The Labute approximate surface area is 152 Å². The minimum atomic E-state index is 0.399. The van der Waals surface area contributed by atoms with Gasteiger partial charge >= 0.3 is 0 Å². The summed E-state index contributed by atoms with van der Waals surface area (Å²) in [6.45, 7) is 8.87. The summed E-state index contributed by atoms with van der Waals surface area (Å²) in [6.07, 6.45) is 6.64. The molecule has 0 aliphatic heterocycles. The Morgan fingerprint density at radius 3 is 2.84 bits per heavy atom. The van der Waals surface area contributed by atoms with Gasteiger partial charge in [0.05, 0.1) is 13.2 Å². The van der Waals surface area contributed by atoms with Crippen LogP contribution in [0.4, 0.5) is 0 Å². The molecule has 0 aliphatic carbocycles. The first-order chi connectivity index (χ1) is 12.2. The van der Waals surface area contributed by atoms with Crippen LogP contribution in [-0.2, 0) is 11.3 Å². The van der Waals surface area contributed by atoms with E-state index in [0.717, 1.165) is 24.5 Å². The maximum absolute atomic E-state index is 5.67. The van der Waals surface area contributed by atoms with Crippen molar-refractivity contribution in [2.45, 2.75) is 59.0 Å². The minimum absolute atomic E-state index is 0.399. The van der Waals surface area contributed by atoms with E-state index in [1.165, 1.54) is 19.3 Å². The molecule has 1 rings (SSSR count). The molecule has 1 atom stereocenters. The lowest BCUT2D eigenvalue weighted by Crippen LogP contribution is -2.42. The first-order valence-corrected chi connectivity index (χ1v) is 9.31. The number of nitrogens with one attached hydrogen (secondary N) is 2. The third kappa shape index (κ3) is 9.29. The molecule has 2 N–H and O–H groups in total. The van der Waals surface area contributed by atoms with Crippen molar-refractivity contribution in [3.63, 3.8) is 0 Å². The lowest BCUT2D eigenvalue weighted by Gasteiger charge is -2.18. The second-order valence-corrected chi connectivity index (χ2v) is 6.05. The van der Waals surface area contributed by atoms with E-state index in [9.17, 15) is 0 Å². The van der Waals surface area contributed by atoms with Crippen molar-refractivity contribution in [1.29, 1.82) is 0 Å². The fourth-order valence-electron chi connectivity index (χ4n) is 2.39. The summed E-state index contributed by atoms with van der Waals surface area (Å²) in [4.78, 5) is 8.98. The maximum atomic E-state index is 5.67. The number of hydrogen-bond donors (Lipinski definition) is 2. The molecule has 0 saturated carbocycles. The summed E-state index contributed by atoms with van der Waals surface area (Å²) >= 11 is 0. The molecule has 0 aromatic carbocycles. The summed E-state index contributed by atoms with van der Waals surface area (Å²) < 4.78 is 10.7. The Bertz CT molecular complexity index is 494. The third-order valence-corrected chi connectivity index (χ3v) is 3.75. The molecule has 1 unspecified atom stereocenters. The first-order valence-electron chi connectivity index (χ1n) is 9.31. The van der Waals surface area contributed by atoms with Gasteiger partial charge in [-0.15, -0.1) is 0 Å². The van der Waals surface area contributed by atoms with Crippen molar-refractivity contribution < 1.29 is 9.47 Å². The summed E-state index contributed by atoms with van der Waals surface area (Å²) in [5.74, 6) is 1.45. The maximum Gasteiger partial charge on any atom is 0.218 e. The Kier molecular flexibility index (Phi) is 11.4. The highest BCUT2D eigenvalue weighted by atomic mass is 16.5. The largest absolute Gasteiger partial charge is 0.475 e. The van der Waals surface area contributed by atoms with Crippen LogP contribution < -0.4 is 15.4 Å². The average Bonchev–Trinajstić information content (AvgIpc) is 2.61. The number of aromatic nitrogens is 1. The topological polar surface area (TPSA) is 67.8 Å². The van der Waals surface area contributed by atoms with Crippen LogP contribution in [0.5, 0.6) is 5.88 Å². The third-order valence-electron chi connectivity index (χ3n) is 3.75. The summed E-state index contributed by atoms with van der Waals surface area (Å²) in [5, 5.41) is 6.78. The number of nitrogens with zero attached hydrogens (tertiary/aromatic N) is 2. The van der Waals surface area contributed by atoms with Crippen LogP contribution in [0.2, 0.25) is 0 Å². The van der Waals surface area contributed by atoms with E-state index in [1.807, 2.05) is 12.1 Å². The number of pyridine rings is 1. The molecule has 1 aromatic rings. The summed E-state index contributed by atoms with van der Waals surface area (Å²) in [5.41, 5.74) is 0.967. The van der Waals surface area contributed by atoms with Crippen molar-refractivity contribution in [1.82, 2.24) is 15.6 Å². The highest BCUT2D eigenvalue weighted by Gasteiger charge is 2.07. The Hall–Kier alpha value is -1.82. The molecule has 142 valence electrons. The van der Waals surface area contributed by atoms with E-state index in [4.69, 9.17) is 9.47 Å². The van der Waals surface area contributed by atoms with Gasteiger partial charge in [0, 0.05) is 31.5 Å². The number of rotatable bonds is 12. The van der Waals surface area contributed by atoms with Crippen LogP contribution in [0.1, 0.15) is 52.0 Å². The number of methoxy groups -OCH3 is 1. The molecule has 1 heterocycles. The molecule has 0 radical (unpaired) electrons. The Morgan fingerprint density at radius 2 is 2.12 bits per heavy atom. The van der Waals surface area contributed by atoms with Crippen molar-refractivity contribution in [3.05, 3.63) is 23.9 Å². The van der Waals surface area contributed by atoms with Crippen LogP contribution >= 0.6 is 0 Å². The summed E-state index contributed by atoms with van der Waals surface area (Å²) in [7, 11) is 1.66. The van der Waals surface area contributed by atoms with Crippen LogP contribution in [0, 0.1) is 0 Å². The SMILES string of the molecule is CCCCCC(C)NC(=NCc1cccnc1OCCOC)NCC. The average molecular weight is 351 g/mol. The van der Waals surface area contributed by atoms with Crippen molar-refractivity contribution in [2.75, 3.05) is 26.9 Å². The molecule has 6 heteroatoms. The van der Waals surface area contributed by atoms with Gasteiger partial charge in [-0.25, -0.2) is 9.98 Å². The van der Waals surface area contributed by atoms with E-state index in [-0.39, 0.29) is 0 Å². The monoisotopic (exact) mass is 350 g/mol. The van der Waals surface area contributed by atoms with Gasteiger partial charge in [0.25, 0.3) is 0 Å². The number of hydrogen-bond acceptors (Lipinski definition) is 4. The zero-order valence-corrected chi connectivity index (χ0v) is 16.2. The predicted octanol–water partition coefficient (Wildman–Crippen LogP) is 3.13. The van der Waals surface area contributed by atoms with Gasteiger partial charge in [-0.05, 0) is 26.3 Å². The molecule has 0 bridgehead atoms. The molecule has 0 spiro atoms. The number of unbranched alkanes of at least 4 members (excludes halogenated alkanes) is 2. The molecule has 25 heavy (non-hydrogen) atoms. The van der Waals surface area contributed by atoms with Gasteiger partial charge in [0.1, 0.15) is 6.61 Å². The van der Waals surface area contributed by atoms with E-state index in [2.05, 4.69) is 41.4 Å². The van der Waals surface area contributed by atoms with E-state index < -0.39 is 0 Å². The molecule has 0 saturated heterocycles. The van der Waals surface area contributed by atoms with E-state index in [1.54, 1.807) is 13.3 Å². The van der Waals surface area contributed by atoms with Crippen LogP contribution in [0.25, 0.3) is 0 Å². The standard InChI is InChI=1S/C19H34N4O2/c1-5-7-8-10-16(3)23-19(20-6-2)22-15-17-11-9-12-21-18(17)25-14-13-24-4/h9,11-12,16H,5-8,10,13-15H2,1-4H3,(H2,20,22,23).